The molecule has 1 N–H and O–H groups in total. The van der Waals surface area contributed by atoms with Crippen molar-refractivity contribution in [3.63, 3.8) is 0 Å². The number of benzene rings is 2. The fourth-order valence-corrected chi connectivity index (χ4v) is 2.50. The summed E-state index contributed by atoms with van der Waals surface area (Å²) >= 11 is 0. The molecule has 3 heteroatoms. The maximum Gasteiger partial charge on any atom is 0.128 e. The molecule has 2 radical (unpaired) electrons. The van der Waals surface area contributed by atoms with Gasteiger partial charge >= 0.3 is 0 Å². The molecule has 2 rings (SSSR count). The zero-order valence-corrected chi connectivity index (χ0v) is 15.5. The molecular weight excluding hydrogens is 293 g/mol. The SMILES string of the molecule is [B]c1ccccc1N=Cc1cc(C(C)(C)C)cc(C(C)(C)C)c1O. The average molecular weight is 319 g/mol. The first-order valence-corrected chi connectivity index (χ1v) is 8.26. The van der Waals surface area contributed by atoms with Crippen molar-refractivity contribution in [3.05, 3.63) is 53.1 Å². The van der Waals surface area contributed by atoms with E-state index in [2.05, 4.69) is 52.6 Å². The third-order valence-electron chi connectivity index (χ3n) is 4.09. The van der Waals surface area contributed by atoms with Crippen molar-refractivity contribution in [2.45, 2.75) is 52.4 Å². The second kappa shape index (κ2) is 6.47. The van der Waals surface area contributed by atoms with Gasteiger partial charge in [-0.05, 0) is 28.5 Å². The third kappa shape index (κ3) is 4.08. The highest BCUT2D eigenvalue weighted by molar-refractivity contribution is 6.35. The first-order valence-electron chi connectivity index (χ1n) is 8.26. The second-order valence-electron chi connectivity index (χ2n) is 8.28. The Bertz CT molecular complexity index is 764. The van der Waals surface area contributed by atoms with Gasteiger partial charge in [-0.15, -0.1) is 0 Å². The van der Waals surface area contributed by atoms with Gasteiger partial charge in [0.25, 0.3) is 0 Å². The average Bonchev–Trinajstić information content (AvgIpc) is 2.45. The van der Waals surface area contributed by atoms with E-state index in [4.69, 9.17) is 7.85 Å². The quantitative estimate of drug-likeness (QED) is 0.640. The molecule has 0 saturated heterocycles. The Balaban J connectivity index is 2.59. The normalized spacial score (nSPS) is 12.8. The number of rotatable bonds is 2. The van der Waals surface area contributed by atoms with Crippen LogP contribution in [0.5, 0.6) is 5.75 Å². The highest BCUT2D eigenvalue weighted by Gasteiger charge is 2.24. The number of aliphatic imine (C=N–C) groups is 1. The van der Waals surface area contributed by atoms with Gasteiger partial charge in [-0.2, -0.15) is 0 Å². The van der Waals surface area contributed by atoms with Crippen molar-refractivity contribution in [2.24, 2.45) is 4.99 Å². The van der Waals surface area contributed by atoms with Gasteiger partial charge in [0.1, 0.15) is 13.6 Å². The largest absolute Gasteiger partial charge is 0.507 e. The molecule has 0 amide bonds. The molecule has 0 bridgehead atoms. The van der Waals surface area contributed by atoms with Gasteiger partial charge < -0.3 is 5.11 Å². The summed E-state index contributed by atoms with van der Waals surface area (Å²) in [5.74, 6) is 0.286. The molecule has 0 heterocycles. The minimum Gasteiger partial charge on any atom is -0.507 e. The Hall–Kier alpha value is -2.03. The van der Waals surface area contributed by atoms with E-state index in [-0.39, 0.29) is 16.6 Å². The van der Waals surface area contributed by atoms with E-state index >= 15 is 0 Å². The number of nitrogens with zero attached hydrogens (tertiary/aromatic N) is 1. The van der Waals surface area contributed by atoms with Crippen LogP contribution in [0.25, 0.3) is 0 Å². The van der Waals surface area contributed by atoms with Gasteiger partial charge in [0.05, 0.1) is 5.69 Å². The molecule has 0 aliphatic rings. The molecule has 24 heavy (non-hydrogen) atoms. The van der Waals surface area contributed by atoms with Gasteiger partial charge in [-0.1, -0.05) is 71.3 Å². The summed E-state index contributed by atoms with van der Waals surface area (Å²) in [4.78, 5) is 4.47. The molecular formula is C21H26BNO. The summed E-state index contributed by atoms with van der Waals surface area (Å²) in [5.41, 5.74) is 3.98. The predicted molar refractivity (Wildman–Crippen MR) is 105 cm³/mol. The van der Waals surface area contributed by atoms with Crippen LogP contribution in [-0.2, 0) is 10.8 Å². The van der Waals surface area contributed by atoms with E-state index in [0.717, 1.165) is 11.1 Å². The molecule has 0 saturated carbocycles. The summed E-state index contributed by atoms with van der Waals surface area (Å²) in [5, 5.41) is 10.7. The Morgan fingerprint density at radius 1 is 0.958 bits per heavy atom. The third-order valence-corrected chi connectivity index (χ3v) is 4.09. The van der Waals surface area contributed by atoms with Crippen LogP contribution in [-0.4, -0.2) is 19.2 Å². The van der Waals surface area contributed by atoms with Crippen LogP contribution in [0.15, 0.2) is 41.4 Å². The number of para-hydroxylation sites is 1. The summed E-state index contributed by atoms with van der Waals surface area (Å²) in [6, 6.07) is 11.6. The monoisotopic (exact) mass is 319 g/mol. The van der Waals surface area contributed by atoms with Gasteiger partial charge in [0.15, 0.2) is 0 Å². The zero-order chi connectivity index (χ0) is 18.1. The maximum absolute atomic E-state index is 10.7. The first-order chi connectivity index (χ1) is 11.0. The molecule has 2 aromatic rings. The molecule has 0 atom stereocenters. The van der Waals surface area contributed by atoms with E-state index in [9.17, 15) is 5.11 Å². The van der Waals surface area contributed by atoms with Crippen LogP contribution < -0.4 is 5.46 Å². The van der Waals surface area contributed by atoms with Gasteiger partial charge in [0.2, 0.25) is 0 Å². The Labute approximate surface area is 147 Å². The van der Waals surface area contributed by atoms with Crippen molar-refractivity contribution < 1.29 is 5.11 Å². The number of phenols is 1. The highest BCUT2D eigenvalue weighted by atomic mass is 16.3. The second-order valence-corrected chi connectivity index (χ2v) is 8.28. The number of hydrogen-bond donors (Lipinski definition) is 1. The molecule has 0 fully saturated rings. The first kappa shape index (κ1) is 18.3. The molecule has 2 aromatic carbocycles. The smallest absolute Gasteiger partial charge is 0.128 e. The summed E-state index contributed by atoms with van der Waals surface area (Å²) in [6.07, 6.45) is 1.70. The molecule has 0 unspecified atom stereocenters. The zero-order valence-electron chi connectivity index (χ0n) is 15.5. The van der Waals surface area contributed by atoms with Crippen LogP contribution in [0.2, 0.25) is 0 Å². The van der Waals surface area contributed by atoms with Gasteiger partial charge in [-0.3, -0.25) is 4.99 Å². The molecule has 0 aliphatic carbocycles. The number of hydrogen-bond acceptors (Lipinski definition) is 2. The lowest BCUT2D eigenvalue weighted by Gasteiger charge is -2.27. The fraction of sp³-hybridized carbons (Fsp3) is 0.381. The molecule has 0 spiro atoms. The Kier molecular flexibility index (Phi) is 4.93. The fourth-order valence-electron chi connectivity index (χ4n) is 2.50. The number of phenolic OH excluding ortho intramolecular Hbond substituents is 1. The predicted octanol–water partition coefficient (Wildman–Crippen LogP) is 4.53. The van der Waals surface area contributed by atoms with Crippen molar-refractivity contribution in [1.82, 2.24) is 0 Å². The summed E-state index contributed by atoms with van der Waals surface area (Å²) in [6.45, 7) is 12.8. The lowest BCUT2D eigenvalue weighted by molar-refractivity contribution is 0.444. The Morgan fingerprint density at radius 2 is 1.58 bits per heavy atom. The van der Waals surface area contributed by atoms with Crippen molar-refractivity contribution in [3.8, 4) is 5.75 Å². The van der Waals surface area contributed by atoms with Gasteiger partial charge in [-0.25, -0.2) is 0 Å². The summed E-state index contributed by atoms with van der Waals surface area (Å²) in [7, 11) is 5.94. The van der Waals surface area contributed by atoms with Crippen molar-refractivity contribution in [1.29, 1.82) is 0 Å². The molecule has 0 aromatic heterocycles. The highest BCUT2D eigenvalue weighted by Crippen LogP contribution is 2.37. The van der Waals surface area contributed by atoms with Crippen LogP contribution in [0.1, 0.15) is 58.2 Å². The van der Waals surface area contributed by atoms with E-state index in [1.807, 2.05) is 30.3 Å². The molecule has 0 aliphatic heterocycles. The van der Waals surface area contributed by atoms with E-state index in [1.165, 1.54) is 5.56 Å². The lowest BCUT2D eigenvalue weighted by atomic mass is 9.79. The summed E-state index contributed by atoms with van der Waals surface area (Å²) < 4.78 is 0. The minimum atomic E-state index is -0.153. The minimum absolute atomic E-state index is 0.0118. The topological polar surface area (TPSA) is 32.6 Å². The van der Waals surface area contributed by atoms with Crippen LogP contribution in [0.3, 0.4) is 0 Å². The van der Waals surface area contributed by atoms with E-state index < -0.39 is 0 Å². The van der Waals surface area contributed by atoms with E-state index in [1.54, 1.807) is 6.21 Å². The van der Waals surface area contributed by atoms with Crippen molar-refractivity contribution in [2.75, 3.05) is 0 Å². The standard InChI is InChI=1S/C21H26BNO/c1-20(2,3)15-11-14(19(24)16(12-15)21(4,5)6)13-23-18-10-8-7-9-17(18)22/h7-13,24H,1-6H3. The van der Waals surface area contributed by atoms with Crippen LogP contribution >= 0.6 is 0 Å². The molecule has 124 valence electrons. The Morgan fingerprint density at radius 3 is 2.12 bits per heavy atom. The van der Waals surface area contributed by atoms with Gasteiger partial charge in [0, 0.05) is 17.3 Å². The van der Waals surface area contributed by atoms with E-state index in [0.29, 0.717) is 11.2 Å². The van der Waals surface area contributed by atoms with Crippen LogP contribution in [0.4, 0.5) is 5.69 Å². The number of aromatic hydroxyl groups is 1. The maximum atomic E-state index is 10.7. The van der Waals surface area contributed by atoms with Crippen molar-refractivity contribution >= 4 is 25.2 Å². The molecule has 2 nitrogen and oxygen atoms in total. The van der Waals surface area contributed by atoms with Crippen LogP contribution in [0, 0.1) is 0 Å². The lowest BCUT2D eigenvalue weighted by Crippen LogP contribution is -2.17.